The molecule has 102 valence electrons. The molecule has 2 heteroatoms. The molecule has 0 saturated carbocycles. The van der Waals surface area contributed by atoms with Gasteiger partial charge in [-0.3, -0.25) is 0 Å². The number of rotatable bonds is 3. The Bertz CT molecular complexity index is 723. The summed E-state index contributed by atoms with van der Waals surface area (Å²) in [4.78, 5) is 0. The van der Waals surface area contributed by atoms with Gasteiger partial charge in [0.15, 0.2) is 0 Å². The Morgan fingerprint density at radius 3 is 2.40 bits per heavy atom. The highest BCUT2D eigenvalue weighted by atomic mass is 16.3. The lowest BCUT2D eigenvalue weighted by Crippen LogP contribution is -2.05. The van der Waals surface area contributed by atoms with Crippen LogP contribution in [0.5, 0.6) is 5.75 Å². The molecule has 1 heterocycles. The maximum absolute atomic E-state index is 9.39. The summed E-state index contributed by atoms with van der Waals surface area (Å²) in [5.74, 6) is 0.801. The van der Waals surface area contributed by atoms with E-state index < -0.39 is 0 Å². The van der Waals surface area contributed by atoms with Crippen LogP contribution in [0, 0.1) is 0 Å². The number of fused-ring (bicyclic) bond motifs is 1. The Kier molecular flexibility index (Phi) is 3.23. The molecule has 1 aromatic heterocycles. The van der Waals surface area contributed by atoms with E-state index in [0.29, 0.717) is 11.7 Å². The van der Waals surface area contributed by atoms with Crippen LogP contribution in [-0.4, -0.2) is 9.67 Å². The zero-order chi connectivity index (χ0) is 14.1. The van der Waals surface area contributed by atoms with Crippen molar-refractivity contribution < 1.29 is 5.11 Å². The van der Waals surface area contributed by atoms with E-state index in [0.717, 1.165) is 6.54 Å². The van der Waals surface area contributed by atoms with E-state index in [9.17, 15) is 5.11 Å². The van der Waals surface area contributed by atoms with Gasteiger partial charge in [-0.15, -0.1) is 0 Å². The van der Waals surface area contributed by atoms with Gasteiger partial charge in [-0.1, -0.05) is 44.2 Å². The molecule has 0 unspecified atom stereocenters. The fourth-order valence-corrected chi connectivity index (χ4v) is 2.67. The molecule has 0 amide bonds. The Labute approximate surface area is 119 Å². The number of hydrogen-bond acceptors (Lipinski definition) is 1. The summed E-state index contributed by atoms with van der Waals surface area (Å²) in [6.07, 6.45) is 0. The molecule has 0 aliphatic carbocycles. The van der Waals surface area contributed by atoms with Gasteiger partial charge in [-0.05, 0) is 41.1 Å². The van der Waals surface area contributed by atoms with Crippen molar-refractivity contribution >= 4 is 10.9 Å². The minimum atomic E-state index is 0.315. The molecule has 0 fully saturated rings. The molecule has 0 bridgehead atoms. The molecule has 0 atom stereocenters. The lowest BCUT2D eigenvalue weighted by Gasteiger charge is -2.13. The predicted molar refractivity (Wildman–Crippen MR) is 83.2 cm³/mol. The molecule has 2 nitrogen and oxygen atoms in total. The highest BCUT2D eigenvalue weighted by molar-refractivity contribution is 5.81. The van der Waals surface area contributed by atoms with E-state index in [1.54, 1.807) is 12.1 Å². The molecule has 0 radical (unpaired) electrons. The van der Waals surface area contributed by atoms with Crippen molar-refractivity contribution in [2.75, 3.05) is 0 Å². The first-order valence-corrected chi connectivity index (χ1v) is 7.01. The summed E-state index contributed by atoms with van der Waals surface area (Å²) < 4.78 is 2.37. The molecule has 0 aliphatic rings. The van der Waals surface area contributed by atoms with Gasteiger partial charge in [0.25, 0.3) is 0 Å². The van der Waals surface area contributed by atoms with Crippen molar-refractivity contribution in [2.24, 2.45) is 0 Å². The molecule has 2 aromatic carbocycles. The predicted octanol–water partition coefficient (Wildman–Crippen LogP) is 4.52. The van der Waals surface area contributed by atoms with Gasteiger partial charge in [0.2, 0.25) is 0 Å². The zero-order valence-corrected chi connectivity index (χ0v) is 11.9. The Balaban J connectivity index is 2.09. The van der Waals surface area contributed by atoms with Gasteiger partial charge in [0.05, 0.1) is 0 Å². The van der Waals surface area contributed by atoms with Crippen molar-refractivity contribution in [3.05, 3.63) is 65.9 Å². The molecular formula is C18H19NO. The van der Waals surface area contributed by atoms with Crippen LogP contribution in [-0.2, 0) is 6.54 Å². The first-order chi connectivity index (χ1) is 9.65. The van der Waals surface area contributed by atoms with Crippen LogP contribution < -0.4 is 0 Å². The quantitative estimate of drug-likeness (QED) is 0.740. The van der Waals surface area contributed by atoms with Crippen molar-refractivity contribution in [3.8, 4) is 5.75 Å². The second-order valence-electron chi connectivity index (χ2n) is 5.54. The first kappa shape index (κ1) is 12.8. The van der Waals surface area contributed by atoms with Crippen LogP contribution in [0.4, 0.5) is 0 Å². The lowest BCUT2D eigenvalue weighted by atomic mass is 10.1. The molecule has 20 heavy (non-hydrogen) atoms. The van der Waals surface area contributed by atoms with Crippen LogP contribution in [0.2, 0.25) is 0 Å². The number of aromatic hydroxyl groups is 1. The molecular weight excluding hydrogens is 246 g/mol. The maximum atomic E-state index is 9.39. The van der Waals surface area contributed by atoms with E-state index in [4.69, 9.17) is 0 Å². The minimum Gasteiger partial charge on any atom is -0.508 e. The van der Waals surface area contributed by atoms with E-state index in [1.807, 2.05) is 12.1 Å². The largest absolute Gasteiger partial charge is 0.508 e. The van der Waals surface area contributed by atoms with Gasteiger partial charge in [0, 0.05) is 17.8 Å². The highest BCUT2D eigenvalue weighted by Crippen LogP contribution is 2.26. The van der Waals surface area contributed by atoms with Crippen LogP contribution >= 0.6 is 0 Å². The minimum absolute atomic E-state index is 0.315. The van der Waals surface area contributed by atoms with Crippen LogP contribution in [0.15, 0.2) is 54.6 Å². The molecule has 0 spiro atoms. The van der Waals surface area contributed by atoms with Crippen molar-refractivity contribution in [1.82, 2.24) is 4.57 Å². The van der Waals surface area contributed by atoms with Crippen molar-refractivity contribution in [2.45, 2.75) is 26.3 Å². The Morgan fingerprint density at radius 1 is 1.00 bits per heavy atom. The van der Waals surface area contributed by atoms with Gasteiger partial charge >= 0.3 is 0 Å². The Morgan fingerprint density at radius 2 is 1.70 bits per heavy atom. The molecule has 0 saturated heterocycles. The van der Waals surface area contributed by atoms with Gasteiger partial charge in [-0.2, -0.15) is 0 Å². The van der Waals surface area contributed by atoms with Crippen molar-refractivity contribution in [3.63, 3.8) is 0 Å². The smallest absolute Gasteiger partial charge is 0.115 e. The van der Waals surface area contributed by atoms with E-state index in [2.05, 4.69) is 48.7 Å². The molecule has 3 aromatic rings. The summed E-state index contributed by atoms with van der Waals surface area (Å²) in [7, 11) is 0. The fraction of sp³-hybridized carbons (Fsp3) is 0.222. The molecule has 1 N–H and O–H groups in total. The Hall–Kier alpha value is -2.22. The second-order valence-corrected chi connectivity index (χ2v) is 5.54. The first-order valence-electron chi connectivity index (χ1n) is 7.01. The third kappa shape index (κ3) is 2.29. The number of hydrogen-bond donors (Lipinski definition) is 1. The third-order valence-corrected chi connectivity index (χ3v) is 3.71. The summed E-state index contributed by atoms with van der Waals surface area (Å²) >= 11 is 0. The topological polar surface area (TPSA) is 25.2 Å². The maximum Gasteiger partial charge on any atom is 0.115 e. The highest BCUT2D eigenvalue weighted by Gasteiger charge is 2.11. The van der Waals surface area contributed by atoms with Crippen LogP contribution in [0.25, 0.3) is 10.9 Å². The van der Waals surface area contributed by atoms with E-state index in [1.165, 1.54) is 22.2 Å². The van der Waals surface area contributed by atoms with Crippen LogP contribution in [0.1, 0.15) is 31.0 Å². The number of phenolic OH excluding ortho intramolecular Hbond substituents is 1. The monoisotopic (exact) mass is 265 g/mol. The normalized spacial score (nSPS) is 11.3. The average Bonchev–Trinajstić information content (AvgIpc) is 2.81. The number of aromatic nitrogens is 1. The lowest BCUT2D eigenvalue weighted by molar-refractivity contribution is 0.475. The summed E-state index contributed by atoms with van der Waals surface area (Å²) in [6, 6.07) is 18.2. The summed E-state index contributed by atoms with van der Waals surface area (Å²) in [6.45, 7) is 5.28. The SMILES string of the molecule is CC(C)c1cc2ccccc2n1Cc1ccc(O)cc1. The fourth-order valence-electron chi connectivity index (χ4n) is 2.67. The molecule has 3 rings (SSSR count). The number of para-hydroxylation sites is 1. The van der Waals surface area contributed by atoms with Crippen molar-refractivity contribution in [1.29, 1.82) is 0 Å². The molecule has 0 aliphatic heterocycles. The second kappa shape index (κ2) is 5.04. The van der Waals surface area contributed by atoms with Gasteiger partial charge < -0.3 is 9.67 Å². The number of benzene rings is 2. The standard InChI is InChI=1S/C18H19NO/c1-13(2)18-11-15-5-3-4-6-17(15)19(18)12-14-7-9-16(20)10-8-14/h3-11,13,20H,12H2,1-2H3. The third-order valence-electron chi connectivity index (χ3n) is 3.71. The van der Waals surface area contributed by atoms with Gasteiger partial charge in [-0.25, -0.2) is 0 Å². The summed E-state index contributed by atoms with van der Waals surface area (Å²) in [5, 5.41) is 10.7. The van der Waals surface area contributed by atoms with Gasteiger partial charge in [0.1, 0.15) is 5.75 Å². The van der Waals surface area contributed by atoms with E-state index >= 15 is 0 Å². The van der Waals surface area contributed by atoms with E-state index in [-0.39, 0.29) is 0 Å². The van der Waals surface area contributed by atoms with Crippen LogP contribution in [0.3, 0.4) is 0 Å². The summed E-state index contributed by atoms with van der Waals surface area (Å²) in [5.41, 5.74) is 3.81. The number of phenols is 1. The number of nitrogens with zero attached hydrogens (tertiary/aromatic N) is 1. The average molecular weight is 265 g/mol. The zero-order valence-electron chi connectivity index (χ0n) is 11.9.